The van der Waals surface area contributed by atoms with Crippen LogP contribution in [0.3, 0.4) is 0 Å². The SMILES string of the molecule is O=C(O)c1ccc(-c2ccc(CN3CC4CNCCN4C3=O)cc2)cc1. The number of hydrogen-bond acceptors (Lipinski definition) is 3. The van der Waals surface area contributed by atoms with Crippen LogP contribution in [0.15, 0.2) is 48.5 Å². The smallest absolute Gasteiger partial charge is 0.335 e. The summed E-state index contributed by atoms with van der Waals surface area (Å²) in [6.07, 6.45) is 0. The number of carbonyl (C=O) groups excluding carboxylic acids is 1. The highest BCUT2D eigenvalue weighted by atomic mass is 16.4. The number of urea groups is 1. The Morgan fingerprint density at radius 2 is 1.73 bits per heavy atom. The van der Waals surface area contributed by atoms with Gasteiger partial charge in [-0.2, -0.15) is 0 Å². The standard InChI is InChI=1S/C20H21N3O3/c24-19(25)17-7-5-16(6-8-17)15-3-1-14(2-4-15)12-22-13-18-11-21-9-10-23(18)20(22)26/h1-8,18,21H,9-13H2,(H,24,25). The Morgan fingerprint density at radius 1 is 1.08 bits per heavy atom. The molecule has 0 spiro atoms. The number of piperazine rings is 1. The number of benzene rings is 2. The maximum atomic E-state index is 12.5. The molecule has 2 amide bonds. The molecule has 1 unspecified atom stereocenters. The summed E-state index contributed by atoms with van der Waals surface area (Å²) in [5.41, 5.74) is 3.38. The van der Waals surface area contributed by atoms with Crippen LogP contribution in [0.1, 0.15) is 15.9 Å². The van der Waals surface area contributed by atoms with Gasteiger partial charge in [0.2, 0.25) is 0 Å². The Hall–Kier alpha value is -2.86. The van der Waals surface area contributed by atoms with Gasteiger partial charge in [-0.1, -0.05) is 36.4 Å². The number of fused-ring (bicyclic) bond motifs is 1. The highest BCUT2D eigenvalue weighted by molar-refractivity contribution is 5.88. The van der Waals surface area contributed by atoms with Gasteiger partial charge >= 0.3 is 12.0 Å². The van der Waals surface area contributed by atoms with Crippen molar-refractivity contribution in [1.82, 2.24) is 15.1 Å². The van der Waals surface area contributed by atoms with Crippen molar-refractivity contribution in [3.8, 4) is 11.1 Å². The summed E-state index contributed by atoms with van der Waals surface area (Å²) < 4.78 is 0. The van der Waals surface area contributed by atoms with Crippen LogP contribution < -0.4 is 5.32 Å². The summed E-state index contributed by atoms with van der Waals surface area (Å²) in [5.74, 6) is -0.923. The lowest BCUT2D eigenvalue weighted by Gasteiger charge is -2.28. The highest BCUT2D eigenvalue weighted by Crippen LogP contribution is 2.23. The van der Waals surface area contributed by atoms with Crippen LogP contribution in [-0.2, 0) is 6.54 Å². The molecule has 2 aliphatic heterocycles. The molecule has 4 rings (SSSR count). The van der Waals surface area contributed by atoms with Crippen molar-refractivity contribution >= 4 is 12.0 Å². The van der Waals surface area contributed by atoms with Gasteiger partial charge in [0, 0.05) is 32.7 Å². The van der Waals surface area contributed by atoms with Gasteiger partial charge in [-0.3, -0.25) is 0 Å². The second-order valence-corrected chi connectivity index (χ2v) is 6.79. The van der Waals surface area contributed by atoms with Crippen LogP contribution in [0.25, 0.3) is 11.1 Å². The molecule has 0 aromatic heterocycles. The molecule has 2 aromatic carbocycles. The molecule has 134 valence electrons. The predicted molar refractivity (Wildman–Crippen MR) is 98.0 cm³/mol. The minimum atomic E-state index is -0.923. The molecule has 26 heavy (non-hydrogen) atoms. The monoisotopic (exact) mass is 351 g/mol. The van der Waals surface area contributed by atoms with Crippen molar-refractivity contribution in [2.24, 2.45) is 0 Å². The van der Waals surface area contributed by atoms with Gasteiger partial charge in [0.05, 0.1) is 11.6 Å². The van der Waals surface area contributed by atoms with E-state index >= 15 is 0 Å². The van der Waals surface area contributed by atoms with E-state index in [0.717, 1.165) is 42.9 Å². The number of aromatic carboxylic acids is 1. The van der Waals surface area contributed by atoms with Gasteiger partial charge in [-0.15, -0.1) is 0 Å². The van der Waals surface area contributed by atoms with Crippen LogP contribution in [0.4, 0.5) is 4.79 Å². The Morgan fingerprint density at radius 3 is 2.35 bits per heavy atom. The van der Waals surface area contributed by atoms with Crippen molar-refractivity contribution in [2.75, 3.05) is 26.2 Å². The van der Waals surface area contributed by atoms with E-state index in [1.54, 1.807) is 12.1 Å². The predicted octanol–water partition coefficient (Wildman–Crippen LogP) is 2.26. The third-order valence-corrected chi connectivity index (χ3v) is 5.09. The Balaban J connectivity index is 1.44. The zero-order valence-electron chi connectivity index (χ0n) is 14.4. The fourth-order valence-corrected chi connectivity index (χ4v) is 3.65. The molecule has 2 N–H and O–H groups in total. The molecule has 0 saturated carbocycles. The summed E-state index contributed by atoms with van der Waals surface area (Å²) in [7, 11) is 0. The van der Waals surface area contributed by atoms with E-state index in [9.17, 15) is 9.59 Å². The molecule has 2 saturated heterocycles. The summed E-state index contributed by atoms with van der Waals surface area (Å²) in [6.45, 7) is 3.90. The molecule has 0 radical (unpaired) electrons. The maximum Gasteiger partial charge on any atom is 0.335 e. The summed E-state index contributed by atoms with van der Waals surface area (Å²) >= 11 is 0. The molecule has 6 nitrogen and oxygen atoms in total. The van der Waals surface area contributed by atoms with Crippen LogP contribution in [0.5, 0.6) is 0 Å². The average Bonchev–Trinajstić information content (AvgIpc) is 2.98. The molecule has 0 aliphatic carbocycles. The van der Waals surface area contributed by atoms with E-state index in [1.165, 1.54) is 0 Å². The van der Waals surface area contributed by atoms with Gasteiger partial charge in [0.15, 0.2) is 0 Å². The molecule has 6 heteroatoms. The van der Waals surface area contributed by atoms with Crippen LogP contribution >= 0.6 is 0 Å². The number of nitrogens with one attached hydrogen (secondary N) is 1. The molecular formula is C20H21N3O3. The molecule has 1 atom stereocenters. The van der Waals surface area contributed by atoms with E-state index in [-0.39, 0.29) is 17.6 Å². The highest BCUT2D eigenvalue weighted by Gasteiger charge is 2.38. The first-order valence-corrected chi connectivity index (χ1v) is 8.81. The number of carboxylic acid groups (broad SMARTS) is 1. The number of rotatable bonds is 4. The minimum Gasteiger partial charge on any atom is -0.478 e. The quantitative estimate of drug-likeness (QED) is 0.886. The fourth-order valence-electron chi connectivity index (χ4n) is 3.65. The van der Waals surface area contributed by atoms with Crippen LogP contribution in [0, 0.1) is 0 Å². The van der Waals surface area contributed by atoms with Gasteiger partial charge in [0.1, 0.15) is 0 Å². The van der Waals surface area contributed by atoms with E-state index in [2.05, 4.69) is 5.32 Å². The Bertz CT molecular complexity index is 817. The average molecular weight is 351 g/mol. The molecule has 2 aliphatic rings. The third kappa shape index (κ3) is 3.15. The molecule has 2 heterocycles. The molecular weight excluding hydrogens is 330 g/mol. The lowest BCUT2D eigenvalue weighted by Crippen LogP contribution is -2.49. The van der Waals surface area contributed by atoms with Crippen LogP contribution in [-0.4, -0.2) is 59.1 Å². The fraction of sp³-hybridized carbons (Fsp3) is 0.300. The second-order valence-electron chi connectivity index (χ2n) is 6.79. The zero-order valence-corrected chi connectivity index (χ0v) is 14.4. The number of nitrogens with zero attached hydrogens (tertiary/aromatic N) is 2. The van der Waals surface area contributed by atoms with Gasteiger partial charge < -0.3 is 20.2 Å². The van der Waals surface area contributed by atoms with Gasteiger partial charge in [-0.05, 0) is 28.8 Å². The second kappa shape index (κ2) is 6.80. The van der Waals surface area contributed by atoms with E-state index in [4.69, 9.17) is 5.11 Å². The normalized spacial score (nSPS) is 19.5. The molecule has 2 fully saturated rings. The molecule has 2 aromatic rings. The van der Waals surface area contributed by atoms with Gasteiger partial charge in [-0.25, -0.2) is 9.59 Å². The number of hydrogen-bond donors (Lipinski definition) is 2. The van der Waals surface area contributed by atoms with E-state index < -0.39 is 5.97 Å². The third-order valence-electron chi connectivity index (χ3n) is 5.09. The Kier molecular flexibility index (Phi) is 4.34. The largest absolute Gasteiger partial charge is 0.478 e. The van der Waals surface area contributed by atoms with Crippen molar-refractivity contribution in [2.45, 2.75) is 12.6 Å². The van der Waals surface area contributed by atoms with Crippen molar-refractivity contribution in [1.29, 1.82) is 0 Å². The van der Waals surface area contributed by atoms with E-state index in [1.807, 2.05) is 46.2 Å². The number of carboxylic acids is 1. The van der Waals surface area contributed by atoms with Crippen molar-refractivity contribution < 1.29 is 14.7 Å². The maximum absolute atomic E-state index is 12.5. The topological polar surface area (TPSA) is 72.9 Å². The zero-order chi connectivity index (χ0) is 18.1. The minimum absolute atomic E-state index is 0.129. The van der Waals surface area contributed by atoms with Crippen LogP contribution in [0.2, 0.25) is 0 Å². The first kappa shape index (κ1) is 16.6. The summed E-state index contributed by atoms with van der Waals surface area (Å²) in [6, 6.07) is 15.3. The molecule has 0 bridgehead atoms. The Labute approximate surface area is 152 Å². The lowest BCUT2D eigenvalue weighted by molar-refractivity contribution is 0.0697. The first-order valence-electron chi connectivity index (χ1n) is 8.81. The lowest BCUT2D eigenvalue weighted by atomic mass is 10.0. The van der Waals surface area contributed by atoms with E-state index in [0.29, 0.717) is 6.54 Å². The summed E-state index contributed by atoms with van der Waals surface area (Å²) in [5, 5.41) is 12.3. The van der Waals surface area contributed by atoms with Gasteiger partial charge in [0.25, 0.3) is 0 Å². The van der Waals surface area contributed by atoms with Crippen molar-refractivity contribution in [3.63, 3.8) is 0 Å². The number of amides is 2. The number of carbonyl (C=O) groups is 2. The first-order chi connectivity index (χ1) is 12.6. The van der Waals surface area contributed by atoms with Crippen molar-refractivity contribution in [3.05, 3.63) is 59.7 Å². The summed E-state index contributed by atoms with van der Waals surface area (Å²) in [4.78, 5) is 27.3.